The van der Waals surface area contributed by atoms with E-state index in [0.717, 1.165) is 5.56 Å². The topological polar surface area (TPSA) is 97.7 Å². The standard InChI is InChI=1S/C19H17FN6O/c1-11-23-17(15-4-6-22-18(15)24-11)12-2-3-14(16(20)8-12)19(27)25-13-5-7-26(9-13)10-21/h2-4,6,8,13H,5,7,9H2,1H3,(H,25,27)(H,22,23,24)/t13-/m1/s1. The van der Waals surface area contributed by atoms with Crippen molar-refractivity contribution >= 4 is 5.91 Å². The van der Waals surface area contributed by atoms with E-state index in [1.165, 1.54) is 12.1 Å². The number of hydrogen-bond acceptors (Lipinski definition) is 5. The number of H-pyrrole nitrogens is 1. The summed E-state index contributed by atoms with van der Waals surface area (Å²) in [5.74, 6) is 0.183. The Morgan fingerprint density at radius 1 is 1.44 bits per heavy atom. The van der Waals surface area contributed by atoms with Crippen LogP contribution in [-0.4, -0.2) is 44.9 Å². The molecule has 1 saturated heterocycles. The maximum absolute atomic E-state index is 14.7. The summed E-state index contributed by atoms with van der Waals surface area (Å²) in [7, 11) is 0. The fourth-order valence-corrected chi connectivity index (χ4v) is 3.36. The number of carbonyl (C=O) groups excluding carboxylic acids is 1. The van der Waals surface area contributed by atoms with E-state index in [0.29, 0.717) is 42.4 Å². The normalized spacial score (nSPS) is 16.5. The van der Waals surface area contributed by atoms with Crippen LogP contribution in [0.1, 0.15) is 22.6 Å². The lowest BCUT2D eigenvalue weighted by Gasteiger charge is -2.14. The van der Waals surface area contributed by atoms with Gasteiger partial charge in [-0.25, -0.2) is 14.4 Å². The van der Waals surface area contributed by atoms with Gasteiger partial charge in [0.1, 0.15) is 11.6 Å². The molecule has 3 aliphatic rings. The Balaban J connectivity index is 1.59. The molecule has 7 nitrogen and oxygen atoms in total. The molecule has 1 atom stereocenters. The highest BCUT2D eigenvalue weighted by molar-refractivity contribution is 5.95. The Morgan fingerprint density at radius 3 is 3.04 bits per heavy atom. The maximum atomic E-state index is 14.7. The molecule has 136 valence electrons. The predicted molar refractivity (Wildman–Crippen MR) is 96.2 cm³/mol. The minimum Gasteiger partial charge on any atom is -0.347 e. The number of amides is 1. The molecular weight excluding hydrogens is 347 g/mol. The molecule has 1 amide bonds. The second kappa shape index (κ2) is 6.68. The number of aromatic nitrogens is 3. The highest BCUT2D eigenvalue weighted by Gasteiger charge is 2.25. The van der Waals surface area contributed by atoms with Crippen LogP contribution in [0.15, 0.2) is 30.5 Å². The second-order valence-corrected chi connectivity index (χ2v) is 6.58. The van der Waals surface area contributed by atoms with E-state index in [9.17, 15) is 9.18 Å². The number of nitrogens with zero attached hydrogens (tertiary/aromatic N) is 4. The molecule has 4 rings (SSSR count). The van der Waals surface area contributed by atoms with Gasteiger partial charge in [-0.2, -0.15) is 5.26 Å². The van der Waals surface area contributed by atoms with Gasteiger partial charge in [-0.05, 0) is 31.5 Å². The molecule has 0 aromatic heterocycles. The number of carbonyl (C=O) groups is 1. The number of nitriles is 1. The minimum atomic E-state index is -0.601. The first-order valence-corrected chi connectivity index (χ1v) is 8.62. The Labute approximate surface area is 155 Å². The molecule has 0 saturated carbocycles. The Kier molecular flexibility index (Phi) is 4.20. The van der Waals surface area contributed by atoms with Gasteiger partial charge in [0.15, 0.2) is 12.0 Å². The van der Waals surface area contributed by atoms with Gasteiger partial charge in [-0.3, -0.25) is 4.79 Å². The number of hydrogen-bond donors (Lipinski definition) is 2. The van der Waals surface area contributed by atoms with Crippen LogP contribution in [0.25, 0.3) is 22.6 Å². The van der Waals surface area contributed by atoms with Crippen molar-refractivity contribution in [1.82, 2.24) is 25.2 Å². The van der Waals surface area contributed by atoms with Crippen LogP contribution >= 0.6 is 0 Å². The van der Waals surface area contributed by atoms with Crippen LogP contribution < -0.4 is 5.32 Å². The Bertz CT molecular complexity index is 1020. The number of aromatic amines is 1. The zero-order valence-electron chi connectivity index (χ0n) is 14.7. The summed E-state index contributed by atoms with van der Waals surface area (Å²) < 4.78 is 14.7. The van der Waals surface area contributed by atoms with E-state index >= 15 is 0 Å². The van der Waals surface area contributed by atoms with Gasteiger partial charge in [0, 0.05) is 36.5 Å². The lowest BCUT2D eigenvalue weighted by atomic mass is 10.0. The molecule has 8 heteroatoms. The fourth-order valence-electron chi connectivity index (χ4n) is 3.36. The van der Waals surface area contributed by atoms with Crippen molar-refractivity contribution in [1.29, 1.82) is 5.26 Å². The quantitative estimate of drug-likeness (QED) is 0.695. The van der Waals surface area contributed by atoms with Crippen molar-refractivity contribution in [2.75, 3.05) is 13.1 Å². The van der Waals surface area contributed by atoms with Gasteiger partial charge in [0.05, 0.1) is 11.3 Å². The van der Waals surface area contributed by atoms with Crippen LogP contribution in [0.4, 0.5) is 4.39 Å². The predicted octanol–water partition coefficient (Wildman–Crippen LogP) is 2.31. The van der Waals surface area contributed by atoms with Crippen LogP contribution in [0.5, 0.6) is 0 Å². The molecule has 1 fully saturated rings. The van der Waals surface area contributed by atoms with Gasteiger partial charge in [0.25, 0.3) is 5.91 Å². The Hall–Kier alpha value is -3.47. The smallest absolute Gasteiger partial charge is 0.254 e. The van der Waals surface area contributed by atoms with E-state index in [2.05, 4.69) is 26.5 Å². The number of benzene rings is 1. The monoisotopic (exact) mass is 364 g/mol. The van der Waals surface area contributed by atoms with Crippen molar-refractivity contribution in [2.45, 2.75) is 19.4 Å². The van der Waals surface area contributed by atoms with Crippen molar-refractivity contribution in [3.05, 3.63) is 47.7 Å². The van der Waals surface area contributed by atoms with Gasteiger partial charge >= 0.3 is 0 Å². The molecule has 27 heavy (non-hydrogen) atoms. The van der Waals surface area contributed by atoms with E-state index < -0.39 is 11.7 Å². The molecule has 1 aromatic rings. The Morgan fingerprint density at radius 2 is 2.30 bits per heavy atom. The average molecular weight is 364 g/mol. The van der Waals surface area contributed by atoms with Gasteiger partial charge in [0.2, 0.25) is 0 Å². The lowest BCUT2D eigenvalue weighted by molar-refractivity contribution is 0.0935. The molecule has 3 aliphatic heterocycles. The van der Waals surface area contributed by atoms with Crippen molar-refractivity contribution < 1.29 is 9.18 Å². The molecule has 0 bridgehead atoms. The van der Waals surface area contributed by atoms with Crippen LogP contribution in [0, 0.1) is 24.2 Å². The van der Waals surface area contributed by atoms with Gasteiger partial charge < -0.3 is 15.2 Å². The second-order valence-electron chi connectivity index (χ2n) is 6.58. The molecule has 0 unspecified atom stereocenters. The van der Waals surface area contributed by atoms with Crippen molar-refractivity contribution in [2.24, 2.45) is 0 Å². The van der Waals surface area contributed by atoms with Crippen LogP contribution in [0.3, 0.4) is 0 Å². The van der Waals surface area contributed by atoms with Crippen molar-refractivity contribution in [3.8, 4) is 28.8 Å². The zero-order chi connectivity index (χ0) is 19.0. The number of fused-ring (bicyclic) bond motifs is 1. The summed E-state index contributed by atoms with van der Waals surface area (Å²) >= 11 is 0. The summed E-state index contributed by atoms with van der Waals surface area (Å²) in [6.07, 6.45) is 4.38. The first-order valence-electron chi connectivity index (χ1n) is 8.62. The SMILES string of the molecule is Cc1nc2nccc-2c(-c2ccc(C(=O)N[C@@H]3CCN(C#N)C3)c(F)c2)[nH]1. The largest absolute Gasteiger partial charge is 0.347 e. The van der Waals surface area contributed by atoms with Crippen LogP contribution in [-0.2, 0) is 0 Å². The summed E-state index contributed by atoms with van der Waals surface area (Å²) in [6.45, 7) is 2.86. The summed E-state index contributed by atoms with van der Waals surface area (Å²) in [5.41, 5.74) is 2.10. The zero-order valence-corrected chi connectivity index (χ0v) is 14.7. The molecule has 1 aromatic carbocycles. The molecule has 0 aliphatic carbocycles. The number of halogens is 1. The maximum Gasteiger partial charge on any atom is 0.254 e. The van der Waals surface area contributed by atoms with E-state index in [1.807, 2.05) is 13.0 Å². The third kappa shape index (κ3) is 3.19. The molecular formula is C19H17FN6O. The highest BCUT2D eigenvalue weighted by atomic mass is 19.1. The number of aryl methyl sites for hydroxylation is 1. The van der Waals surface area contributed by atoms with Gasteiger partial charge in [-0.1, -0.05) is 6.07 Å². The number of likely N-dealkylation sites (tertiary alicyclic amines) is 1. The first kappa shape index (κ1) is 17.0. The van der Waals surface area contributed by atoms with Crippen molar-refractivity contribution in [3.63, 3.8) is 0 Å². The first-order chi connectivity index (χ1) is 13.0. The lowest BCUT2D eigenvalue weighted by Crippen LogP contribution is -2.36. The van der Waals surface area contributed by atoms with Crippen LogP contribution in [0.2, 0.25) is 0 Å². The minimum absolute atomic E-state index is 0.0168. The third-order valence-corrected chi connectivity index (χ3v) is 4.70. The van der Waals surface area contributed by atoms with E-state index in [4.69, 9.17) is 5.26 Å². The van der Waals surface area contributed by atoms with E-state index in [-0.39, 0.29) is 11.6 Å². The summed E-state index contributed by atoms with van der Waals surface area (Å²) in [5, 5.41) is 11.7. The number of rotatable bonds is 3. The molecule has 2 N–H and O–H groups in total. The third-order valence-electron chi connectivity index (χ3n) is 4.70. The molecule has 0 spiro atoms. The summed E-state index contributed by atoms with van der Waals surface area (Å²) in [4.78, 5) is 25.6. The summed E-state index contributed by atoms with van der Waals surface area (Å²) in [6, 6.07) is 6.17. The molecule has 3 heterocycles. The van der Waals surface area contributed by atoms with E-state index in [1.54, 1.807) is 17.2 Å². The fraction of sp³-hybridized carbons (Fsp3) is 0.263. The van der Waals surface area contributed by atoms with Gasteiger partial charge in [-0.15, -0.1) is 0 Å². The highest BCUT2D eigenvalue weighted by Crippen LogP contribution is 2.31. The number of nitrogens with one attached hydrogen (secondary N) is 2. The molecule has 0 radical (unpaired) electrons. The average Bonchev–Trinajstić information content (AvgIpc) is 3.29.